The van der Waals surface area contributed by atoms with Crippen molar-refractivity contribution in [2.75, 3.05) is 13.2 Å². The first-order chi connectivity index (χ1) is 6.63. The molecule has 0 bridgehead atoms. The van der Waals surface area contributed by atoms with Crippen molar-refractivity contribution >= 4 is 11.6 Å². The third-order valence-electron chi connectivity index (χ3n) is 1.87. The van der Waals surface area contributed by atoms with Crippen molar-refractivity contribution in [3.05, 3.63) is 40.9 Å². The Labute approximate surface area is 89.3 Å². The second-order valence-electron chi connectivity index (χ2n) is 3.15. The Morgan fingerprint density at radius 1 is 1.57 bits per heavy atom. The molecule has 76 valence electrons. The summed E-state index contributed by atoms with van der Waals surface area (Å²) in [5.41, 5.74) is 7.32. The van der Waals surface area contributed by atoms with Crippen LogP contribution >= 0.6 is 11.6 Å². The van der Waals surface area contributed by atoms with E-state index in [1.807, 2.05) is 19.1 Å². The highest BCUT2D eigenvalue weighted by Crippen LogP contribution is 2.22. The number of halogens is 1. The van der Waals surface area contributed by atoms with Crippen molar-refractivity contribution in [1.29, 1.82) is 0 Å². The molecule has 1 aromatic rings. The van der Waals surface area contributed by atoms with Crippen LogP contribution in [0.5, 0.6) is 5.75 Å². The smallest absolute Gasteiger partial charge is 0.124 e. The number of hydrogen-bond donors (Lipinski definition) is 1. The molecule has 1 aromatic carbocycles. The summed E-state index contributed by atoms with van der Waals surface area (Å²) in [7, 11) is 0. The molecular formula is C11H14ClNO. The first kappa shape index (κ1) is 11.1. The summed E-state index contributed by atoms with van der Waals surface area (Å²) in [5, 5.41) is 0.670. The van der Waals surface area contributed by atoms with Gasteiger partial charge in [0.2, 0.25) is 0 Å². The third kappa shape index (κ3) is 3.05. The molecule has 0 aliphatic heterocycles. The van der Waals surface area contributed by atoms with Crippen LogP contribution in [0.25, 0.3) is 0 Å². The van der Waals surface area contributed by atoms with E-state index in [0.29, 0.717) is 18.2 Å². The zero-order valence-corrected chi connectivity index (χ0v) is 8.97. The minimum atomic E-state index is 0.442. The highest BCUT2D eigenvalue weighted by atomic mass is 35.5. The van der Waals surface area contributed by atoms with E-state index in [1.165, 1.54) is 0 Å². The van der Waals surface area contributed by atoms with E-state index in [2.05, 4.69) is 6.58 Å². The molecule has 0 amide bonds. The predicted octanol–water partition coefficient (Wildman–Crippen LogP) is 2.54. The summed E-state index contributed by atoms with van der Waals surface area (Å²) in [6.07, 6.45) is 0. The lowest BCUT2D eigenvalue weighted by atomic mass is 10.2. The van der Waals surface area contributed by atoms with Gasteiger partial charge in [-0.3, -0.25) is 0 Å². The van der Waals surface area contributed by atoms with E-state index in [-0.39, 0.29) is 0 Å². The molecule has 14 heavy (non-hydrogen) atoms. The van der Waals surface area contributed by atoms with Crippen LogP contribution < -0.4 is 10.5 Å². The zero-order chi connectivity index (χ0) is 10.6. The lowest BCUT2D eigenvalue weighted by molar-refractivity contribution is 0.348. The quantitative estimate of drug-likeness (QED) is 0.777. The van der Waals surface area contributed by atoms with Gasteiger partial charge in [0.1, 0.15) is 12.4 Å². The Kier molecular flexibility index (Phi) is 3.98. The average molecular weight is 212 g/mol. The van der Waals surface area contributed by atoms with Crippen molar-refractivity contribution in [2.45, 2.75) is 6.92 Å². The van der Waals surface area contributed by atoms with Gasteiger partial charge in [0.25, 0.3) is 0 Å². The number of nitrogens with two attached hydrogens (primary N) is 1. The maximum Gasteiger partial charge on any atom is 0.124 e. The highest BCUT2D eigenvalue weighted by Gasteiger charge is 2.00. The summed E-state index contributed by atoms with van der Waals surface area (Å²) in [6.45, 7) is 6.61. The SMILES string of the molecule is C=C(CN)COc1cc(Cl)ccc1C. The Balaban J connectivity index is 2.66. The normalized spacial score (nSPS) is 9.93. The maximum atomic E-state index is 5.84. The fraction of sp³-hybridized carbons (Fsp3) is 0.273. The molecule has 0 fully saturated rings. The van der Waals surface area contributed by atoms with Gasteiger partial charge in [-0.05, 0) is 30.2 Å². The lowest BCUT2D eigenvalue weighted by Gasteiger charge is -2.09. The van der Waals surface area contributed by atoms with Crippen molar-refractivity contribution in [3.63, 3.8) is 0 Å². The van der Waals surface area contributed by atoms with Gasteiger partial charge in [0.15, 0.2) is 0 Å². The van der Waals surface area contributed by atoms with Crippen LogP contribution in [0.15, 0.2) is 30.4 Å². The molecule has 0 saturated heterocycles. The standard InChI is InChI=1S/C11H14ClNO/c1-8(6-13)7-14-11-5-10(12)4-3-9(11)2/h3-5H,1,6-7,13H2,2H3. The number of rotatable bonds is 4. The van der Waals surface area contributed by atoms with Gasteiger partial charge in [-0.2, -0.15) is 0 Å². The molecule has 0 saturated carbocycles. The van der Waals surface area contributed by atoms with Gasteiger partial charge >= 0.3 is 0 Å². The maximum absolute atomic E-state index is 5.84. The average Bonchev–Trinajstić information content (AvgIpc) is 2.19. The fourth-order valence-corrected chi connectivity index (χ4v) is 1.13. The Morgan fingerprint density at radius 2 is 2.29 bits per heavy atom. The summed E-state index contributed by atoms with van der Waals surface area (Å²) in [6, 6.07) is 5.55. The van der Waals surface area contributed by atoms with Crippen LogP contribution in [0, 0.1) is 6.92 Å². The predicted molar refractivity (Wildman–Crippen MR) is 59.9 cm³/mol. The summed E-state index contributed by atoms with van der Waals surface area (Å²) >= 11 is 5.84. The van der Waals surface area contributed by atoms with Gasteiger partial charge in [-0.1, -0.05) is 24.2 Å². The molecule has 0 aliphatic carbocycles. The van der Waals surface area contributed by atoms with Crippen LogP contribution in [-0.4, -0.2) is 13.2 Å². The van der Waals surface area contributed by atoms with Gasteiger partial charge in [0.05, 0.1) is 0 Å². The van der Waals surface area contributed by atoms with Crippen LogP contribution in [0.1, 0.15) is 5.56 Å². The first-order valence-corrected chi connectivity index (χ1v) is 4.77. The Morgan fingerprint density at radius 3 is 2.93 bits per heavy atom. The van der Waals surface area contributed by atoms with E-state index in [0.717, 1.165) is 16.9 Å². The van der Waals surface area contributed by atoms with Gasteiger partial charge < -0.3 is 10.5 Å². The minimum absolute atomic E-state index is 0.442. The molecule has 0 aromatic heterocycles. The van der Waals surface area contributed by atoms with Crippen LogP contribution in [-0.2, 0) is 0 Å². The molecule has 3 heteroatoms. The molecule has 0 atom stereocenters. The number of ether oxygens (including phenoxy) is 1. The second kappa shape index (κ2) is 5.03. The van der Waals surface area contributed by atoms with Crippen molar-refractivity contribution in [2.24, 2.45) is 5.73 Å². The highest BCUT2D eigenvalue weighted by molar-refractivity contribution is 6.30. The second-order valence-corrected chi connectivity index (χ2v) is 3.59. The van der Waals surface area contributed by atoms with Gasteiger partial charge in [-0.25, -0.2) is 0 Å². The molecule has 0 radical (unpaired) electrons. The number of aryl methyl sites for hydroxylation is 1. The molecule has 0 aliphatic rings. The van der Waals surface area contributed by atoms with E-state index in [9.17, 15) is 0 Å². The van der Waals surface area contributed by atoms with E-state index < -0.39 is 0 Å². The summed E-state index contributed by atoms with van der Waals surface area (Å²) in [4.78, 5) is 0. The molecule has 1 rings (SSSR count). The monoisotopic (exact) mass is 211 g/mol. The molecule has 0 unspecified atom stereocenters. The van der Waals surface area contributed by atoms with E-state index in [4.69, 9.17) is 22.1 Å². The molecular weight excluding hydrogens is 198 g/mol. The number of benzene rings is 1. The molecule has 2 nitrogen and oxygen atoms in total. The van der Waals surface area contributed by atoms with Crippen molar-refractivity contribution in [1.82, 2.24) is 0 Å². The van der Waals surface area contributed by atoms with Gasteiger partial charge in [-0.15, -0.1) is 0 Å². The Bertz CT molecular complexity index is 336. The largest absolute Gasteiger partial charge is 0.489 e. The molecule has 0 spiro atoms. The summed E-state index contributed by atoms with van der Waals surface area (Å²) < 4.78 is 5.51. The Hall–Kier alpha value is -0.990. The summed E-state index contributed by atoms with van der Waals surface area (Å²) in [5.74, 6) is 0.784. The van der Waals surface area contributed by atoms with Crippen LogP contribution in [0.2, 0.25) is 5.02 Å². The first-order valence-electron chi connectivity index (χ1n) is 4.39. The number of hydrogen-bond acceptors (Lipinski definition) is 2. The minimum Gasteiger partial charge on any atom is -0.489 e. The fourth-order valence-electron chi connectivity index (χ4n) is 0.968. The van der Waals surface area contributed by atoms with Crippen molar-refractivity contribution < 1.29 is 4.74 Å². The third-order valence-corrected chi connectivity index (χ3v) is 2.11. The van der Waals surface area contributed by atoms with Crippen LogP contribution in [0.4, 0.5) is 0 Å². The van der Waals surface area contributed by atoms with E-state index in [1.54, 1.807) is 6.07 Å². The van der Waals surface area contributed by atoms with E-state index >= 15 is 0 Å². The van der Waals surface area contributed by atoms with Crippen LogP contribution in [0.3, 0.4) is 0 Å². The van der Waals surface area contributed by atoms with Crippen molar-refractivity contribution in [3.8, 4) is 5.75 Å². The molecule has 0 heterocycles. The zero-order valence-electron chi connectivity index (χ0n) is 8.22. The lowest BCUT2D eigenvalue weighted by Crippen LogP contribution is -2.10. The van der Waals surface area contributed by atoms with Gasteiger partial charge in [0, 0.05) is 11.6 Å². The topological polar surface area (TPSA) is 35.2 Å². The molecule has 2 N–H and O–H groups in total.